The Bertz CT molecular complexity index is 690. The van der Waals surface area contributed by atoms with Crippen molar-refractivity contribution in [1.29, 1.82) is 0 Å². The standard InChI is InChI=1S/C19H24N2O3/c1-18(2)9-12(10-19(3,4)21-18)20-11-14-16(22)13-7-5-6-8-15(13)24-17(14)23/h5-8,11-12,14,21H,9-10H2,1-4H3. The Hall–Kier alpha value is -2.01. The van der Waals surface area contributed by atoms with Gasteiger partial charge in [-0.3, -0.25) is 14.6 Å². The Balaban J connectivity index is 1.79. The number of ether oxygens (including phenoxy) is 1. The molecule has 0 saturated carbocycles. The van der Waals surface area contributed by atoms with Gasteiger partial charge < -0.3 is 10.1 Å². The van der Waals surface area contributed by atoms with E-state index in [0.717, 1.165) is 12.8 Å². The summed E-state index contributed by atoms with van der Waals surface area (Å²) >= 11 is 0. The lowest BCUT2D eigenvalue weighted by Gasteiger charge is -2.45. The topological polar surface area (TPSA) is 67.8 Å². The van der Waals surface area contributed by atoms with E-state index in [1.165, 1.54) is 6.21 Å². The maximum Gasteiger partial charge on any atom is 0.327 e. The van der Waals surface area contributed by atoms with Crippen molar-refractivity contribution in [2.75, 3.05) is 0 Å². The summed E-state index contributed by atoms with van der Waals surface area (Å²) in [7, 11) is 0. The Morgan fingerprint density at radius 3 is 2.42 bits per heavy atom. The molecule has 2 heterocycles. The van der Waals surface area contributed by atoms with Gasteiger partial charge in [-0.15, -0.1) is 0 Å². The summed E-state index contributed by atoms with van der Waals surface area (Å²) < 4.78 is 5.27. The summed E-state index contributed by atoms with van der Waals surface area (Å²) in [4.78, 5) is 29.3. The Morgan fingerprint density at radius 2 is 1.75 bits per heavy atom. The molecular weight excluding hydrogens is 304 g/mol. The molecule has 0 spiro atoms. The normalized spacial score (nSPS) is 26.2. The number of fused-ring (bicyclic) bond motifs is 1. The quantitative estimate of drug-likeness (QED) is 0.392. The van der Waals surface area contributed by atoms with E-state index in [2.05, 4.69) is 38.0 Å². The van der Waals surface area contributed by atoms with Gasteiger partial charge in [-0.2, -0.15) is 0 Å². The number of Topliss-reactive ketones (excluding diaryl/α,β-unsaturated/α-hetero) is 1. The third-order valence-electron chi connectivity index (χ3n) is 4.51. The van der Waals surface area contributed by atoms with Gasteiger partial charge >= 0.3 is 5.97 Å². The van der Waals surface area contributed by atoms with Crippen molar-refractivity contribution in [3.05, 3.63) is 29.8 Å². The fourth-order valence-corrected chi connectivity index (χ4v) is 3.92. The highest BCUT2D eigenvalue weighted by Crippen LogP contribution is 2.31. The smallest absolute Gasteiger partial charge is 0.327 e. The van der Waals surface area contributed by atoms with Crippen LogP contribution in [0, 0.1) is 5.92 Å². The van der Waals surface area contributed by atoms with Crippen molar-refractivity contribution in [2.24, 2.45) is 10.9 Å². The number of carbonyl (C=O) groups is 2. The summed E-state index contributed by atoms with van der Waals surface area (Å²) in [6, 6.07) is 6.90. The van der Waals surface area contributed by atoms with Gasteiger partial charge in [0.2, 0.25) is 0 Å². The highest BCUT2D eigenvalue weighted by atomic mass is 16.5. The summed E-state index contributed by atoms with van der Waals surface area (Å²) in [6.07, 6.45) is 3.21. The van der Waals surface area contributed by atoms with Crippen LogP contribution in [0.15, 0.2) is 29.3 Å². The number of hydrogen-bond acceptors (Lipinski definition) is 5. The van der Waals surface area contributed by atoms with Crippen molar-refractivity contribution in [1.82, 2.24) is 5.32 Å². The number of para-hydroxylation sites is 1. The molecule has 0 amide bonds. The molecule has 2 aliphatic rings. The van der Waals surface area contributed by atoms with E-state index in [4.69, 9.17) is 4.74 Å². The van der Waals surface area contributed by atoms with Gasteiger partial charge in [0, 0.05) is 17.3 Å². The van der Waals surface area contributed by atoms with Gasteiger partial charge in [0.05, 0.1) is 11.6 Å². The Kier molecular flexibility index (Phi) is 4.08. The van der Waals surface area contributed by atoms with Crippen LogP contribution < -0.4 is 10.1 Å². The van der Waals surface area contributed by atoms with Crippen molar-refractivity contribution in [2.45, 2.75) is 57.7 Å². The maximum atomic E-state index is 12.6. The first-order valence-electron chi connectivity index (χ1n) is 8.34. The molecule has 1 saturated heterocycles. The molecule has 24 heavy (non-hydrogen) atoms. The lowest BCUT2D eigenvalue weighted by molar-refractivity contribution is -0.135. The molecule has 5 heteroatoms. The second-order valence-electron chi connectivity index (χ2n) is 8.01. The summed E-state index contributed by atoms with van der Waals surface area (Å²) in [6.45, 7) is 8.58. The zero-order chi connectivity index (χ0) is 17.5. The minimum absolute atomic E-state index is 0.0343. The van der Waals surface area contributed by atoms with Crippen molar-refractivity contribution >= 4 is 18.0 Å². The molecule has 0 aromatic heterocycles. The number of aliphatic imine (C=N–C) groups is 1. The fraction of sp³-hybridized carbons (Fsp3) is 0.526. The number of nitrogens with one attached hydrogen (secondary N) is 1. The first kappa shape index (κ1) is 16.8. The van der Waals surface area contributed by atoms with E-state index in [1.54, 1.807) is 24.3 Å². The summed E-state index contributed by atoms with van der Waals surface area (Å²) in [5.41, 5.74) is 0.375. The monoisotopic (exact) mass is 328 g/mol. The van der Waals surface area contributed by atoms with Crippen molar-refractivity contribution in [3.63, 3.8) is 0 Å². The summed E-state index contributed by atoms with van der Waals surface area (Å²) in [5, 5.41) is 3.60. The number of ketones is 1. The van der Waals surface area contributed by atoms with Crippen LogP contribution in [0.3, 0.4) is 0 Å². The predicted molar refractivity (Wildman–Crippen MR) is 92.7 cm³/mol. The van der Waals surface area contributed by atoms with E-state index >= 15 is 0 Å². The molecule has 1 fully saturated rings. The Morgan fingerprint density at radius 1 is 1.12 bits per heavy atom. The van der Waals surface area contributed by atoms with Crippen LogP contribution in [0.5, 0.6) is 5.75 Å². The van der Waals surface area contributed by atoms with E-state index < -0.39 is 11.9 Å². The molecule has 0 radical (unpaired) electrons. The number of benzene rings is 1. The molecule has 1 unspecified atom stereocenters. The number of piperidine rings is 1. The molecular formula is C19H24N2O3. The van der Waals surface area contributed by atoms with Gasteiger partial charge in [-0.05, 0) is 52.7 Å². The third kappa shape index (κ3) is 3.41. The lowest BCUT2D eigenvalue weighted by Crippen LogP contribution is -2.58. The van der Waals surface area contributed by atoms with Gasteiger partial charge in [-0.25, -0.2) is 0 Å². The van der Waals surface area contributed by atoms with E-state index in [1.807, 2.05) is 0 Å². The Labute approximate surface area is 142 Å². The molecule has 0 aliphatic carbocycles. The molecule has 3 rings (SSSR count). The zero-order valence-corrected chi connectivity index (χ0v) is 14.6. The molecule has 1 aromatic rings. The summed E-state index contributed by atoms with van der Waals surface area (Å²) in [5.74, 6) is -1.39. The highest BCUT2D eigenvalue weighted by Gasteiger charge is 2.39. The molecule has 5 nitrogen and oxygen atoms in total. The number of esters is 1. The SMILES string of the molecule is CC1(C)CC(N=CC2C(=O)Oc3ccccc3C2=O)CC(C)(C)N1. The third-order valence-corrected chi connectivity index (χ3v) is 4.51. The second kappa shape index (κ2) is 5.81. The number of carbonyl (C=O) groups excluding carboxylic acids is 2. The van der Waals surface area contributed by atoms with Gasteiger partial charge in [0.25, 0.3) is 0 Å². The van der Waals surface area contributed by atoms with Crippen LogP contribution in [0.2, 0.25) is 0 Å². The first-order chi connectivity index (χ1) is 11.2. The second-order valence-corrected chi connectivity index (χ2v) is 8.01. The van der Waals surface area contributed by atoms with Crippen LogP contribution in [-0.4, -0.2) is 35.1 Å². The molecule has 1 N–H and O–H groups in total. The van der Waals surface area contributed by atoms with Crippen molar-refractivity contribution in [3.8, 4) is 5.75 Å². The first-order valence-corrected chi connectivity index (χ1v) is 8.34. The van der Waals surface area contributed by atoms with E-state index in [0.29, 0.717) is 11.3 Å². The zero-order valence-electron chi connectivity index (χ0n) is 14.6. The number of hydrogen-bond donors (Lipinski definition) is 1. The van der Waals surface area contributed by atoms with Crippen LogP contribution in [0.4, 0.5) is 0 Å². The fourth-order valence-electron chi connectivity index (χ4n) is 3.92. The largest absolute Gasteiger partial charge is 0.425 e. The number of rotatable bonds is 2. The molecule has 2 aliphatic heterocycles. The average molecular weight is 328 g/mol. The lowest BCUT2D eigenvalue weighted by atomic mass is 9.80. The molecule has 0 bridgehead atoms. The van der Waals surface area contributed by atoms with Crippen LogP contribution in [0.1, 0.15) is 50.9 Å². The molecule has 1 aromatic carbocycles. The molecule has 128 valence electrons. The minimum Gasteiger partial charge on any atom is -0.425 e. The van der Waals surface area contributed by atoms with Gasteiger partial charge in [0.15, 0.2) is 11.7 Å². The highest BCUT2D eigenvalue weighted by molar-refractivity contribution is 6.21. The average Bonchev–Trinajstić information content (AvgIpc) is 2.43. The van der Waals surface area contributed by atoms with Gasteiger partial charge in [0.1, 0.15) is 5.75 Å². The van der Waals surface area contributed by atoms with Gasteiger partial charge in [-0.1, -0.05) is 12.1 Å². The number of nitrogens with zero attached hydrogens (tertiary/aromatic N) is 1. The van der Waals surface area contributed by atoms with E-state index in [9.17, 15) is 9.59 Å². The van der Waals surface area contributed by atoms with Crippen LogP contribution in [-0.2, 0) is 4.79 Å². The maximum absolute atomic E-state index is 12.6. The predicted octanol–water partition coefficient (Wildman–Crippen LogP) is 2.78. The molecule has 1 atom stereocenters. The van der Waals surface area contributed by atoms with E-state index in [-0.39, 0.29) is 22.9 Å². The van der Waals surface area contributed by atoms with Crippen LogP contribution in [0.25, 0.3) is 0 Å². The van der Waals surface area contributed by atoms with Crippen molar-refractivity contribution < 1.29 is 14.3 Å². The van der Waals surface area contributed by atoms with Crippen LogP contribution >= 0.6 is 0 Å². The minimum atomic E-state index is -0.944.